The van der Waals surface area contributed by atoms with Crippen LogP contribution in [0.2, 0.25) is 0 Å². The lowest BCUT2D eigenvalue weighted by molar-refractivity contribution is -0.131. The van der Waals surface area contributed by atoms with Crippen LogP contribution >= 0.6 is 15.9 Å². The molecule has 1 atom stereocenters. The minimum atomic E-state index is -0.636. The first kappa shape index (κ1) is 15.5. The minimum absolute atomic E-state index is 0.169. The highest BCUT2D eigenvalue weighted by atomic mass is 79.9. The van der Waals surface area contributed by atoms with Crippen molar-refractivity contribution in [2.75, 3.05) is 20.2 Å². The maximum absolute atomic E-state index is 11.8. The first-order valence-corrected chi connectivity index (χ1v) is 6.66. The third-order valence-electron chi connectivity index (χ3n) is 2.54. The molecule has 1 aromatic carbocycles. The summed E-state index contributed by atoms with van der Waals surface area (Å²) < 4.78 is 6.52. The van der Waals surface area contributed by atoms with Crippen molar-refractivity contribution < 1.29 is 9.53 Å². The number of likely N-dealkylation sites (N-methyl/N-ethyl adjacent to an activating group) is 1. The average molecular weight is 325 g/mol. The first-order chi connectivity index (χ1) is 9.04. The highest BCUT2D eigenvalue weighted by molar-refractivity contribution is 9.10. The van der Waals surface area contributed by atoms with Gasteiger partial charge in [0.05, 0.1) is 12.6 Å². The fraction of sp³-hybridized carbons (Fsp3) is 0.357. The summed E-state index contributed by atoms with van der Waals surface area (Å²) in [6.07, 6.45) is 5.37. The zero-order valence-corrected chi connectivity index (χ0v) is 12.4. The van der Waals surface area contributed by atoms with Crippen molar-refractivity contribution >= 4 is 21.8 Å². The molecular formula is C14H17BrN2O2. The van der Waals surface area contributed by atoms with E-state index in [1.165, 1.54) is 4.90 Å². The minimum Gasteiger partial charge on any atom is -0.492 e. The molecule has 0 heterocycles. The van der Waals surface area contributed by atoms with E-state index in [0.717, 1.165) is 10.2 Å². The molecule has 0 bridgehead atoms. The summed E-state index contributed by atoms with van der Waals surface area (Å²) in [4.78, 5) is 13.3. The maximum Gasteiger partial charge on any atom is 0.240 e. The monoisotopic (exact) mass is 324 g/mol. The first-order valence-electron chi connectivity index (χ1n) is 5.87. The normalized spacial score (nSPS) is 11.5. The van der Waals surface area contributed by atoms with Gasteiger partial charge in [-0.15, -0.1) is 12.3 Å². The van der Waals surface area contributed by atoms with E-state index < -0.39 is 6.04 Å². The summed E-state index contributed by atoms with van der Waals surface area (Å²) in [5.41, 5.74) is 5.65. The van der Waals surface area contributed by atoms with Gasteiger partial charge in [-0.1, -0.05) is 15.9 Å². The molecular weight excluding hydrogens is 308 g/mol. The number of carbonyl (C=O) groups excluding carboxylic acids is 1. The number of amides is 1. The third kappa shape index (κ3) is 5.33. The van der Waals surface area contributed by atoms with Crippen molar-refractivity contribution in [3.05, 3.63) is 28.7 Å². The summed E-state index contributed by atoms with van der Waals surface area (Å²) in [7, 11) is 1.68. The summed E-state index contributed by atoms with van der Waals surface area (Å²) in [6, 6.07) is 6.87. The van der Waals surface area contributed by atoms with Crippen molar-refractivity contribution in [3.63, 3.8) is 0 Å². The molecule has 19 heavy (non-hydrogen) atoms. The summed E-state index contributed by atoms with van der Waals surface area (Å²) in [5.74, 6) is 2.97. The second-order valence-electron chi connectivity index (χ2n) is 4.08. The van der Waals surface area contributed by atoms with E-state index in [9.17, 15) is 4.79 Å². The van der Waals surface area contributed by atoms with E-state index >= 15 is 0 Å². The molecule has 5 heteroatoms. The van der Waals surface area contributed by atoms with E-state index in [1.807, 2.05) is 24.3 Å². The zero-order valence-electron chi connectivity index (χ0n) is 10.8. The van der Waals surface area contributed by atoms with Gasteiger partial charge in [0.2, 0.25) is 5.91 Å². The van der Waals surface area contributed by atoms with Crippen LogP contribution in [0.4, 0.5) is 0 Å². The quantitative estimate of drug-likeness (QED) is 0.809. The number of halogens is 1. The molecule has 1 amide bonds. The van der Waals surface area contributed by atoms with Crippen LogP contribution in [0.5, 0.6) is 5.75 Å². The average Bonchev–Trinajstić information content (AvgIpc) is 2.40. The van der Waals surface area contributed by atoms with Gasteiger partial charge in [0.1, 0.15) is 12.4 Å². The van der Waals surface area contributed by atoms with Crippen LogP contribution in [0.1, 0.15) is 6.42 Å². The molecule has 1 rings (SSSR count). The molecule has 0 aliphatic carbocycles. The van der Waals surface area contributed by atoms with Gasteiger partial charge in [-0.05, 0) is 24.3 Å². The maximum atomic E-state index is 11.8. The highest BCUT2D eigenvalue weighted by Gasteiger charge is 2.16. The Labute approximate surface area is 122 Å². The molecule has 0 saturated heterocycles. The van der Waals surface area contributed by atoms with Crippen molar-refractivity contribution in [2.24, 2.45) is 5.73 Å². The van der Waals surface area contributed by atoms with E-state index in [0.29, 0.717) is 13.2 Å². The van der Waals surface area contributed by atoms with E-state index in [2.05, 4.69) is 21.9 Å². The molecule has 0 saturated carbocycles. The molecule has 0 aliphatic rings. The van der Waals surface area contributed by atoms with E-state index in [1.54, 1.807) is 7.05 Å². The Morgan fingerprint density at radius 3 is 2.74 bits per heavy atom. The van der Waals surface area contributed by atoms with Crippen molar-refractivity contribution in [2.45, 2.75) is 12.5 Å². The van der Waals surface area contributed by atoms with E-state index in [4.69, 9.17) is 16.9 Å². The zero-order chi connectivity index (χ0) is 14.3. The molecule has 4 nitrogen and oxygen atoms in total. The Morgan fingerprint density at radius 1 is 1.53 bits per heavy atom. The van der Waals surface area contributed by atoms with Crippen molar-refractivity contribution in [1.82, 2.24) is 4.90 Å². The molecule has 0 aliphatic heterocycles. The van der Waals surface area contributed by atoms with Gasteiger partial charge in [0.25, 0.3) is 0 Å². The Balaban J connectivity index is 2.34. The number of rotatable bonds is 6. The number of terminal acetylenes is 1. The Kier molecular flexibility index (Phi) is 6.40. The van der Waals surface area contributed by atoms with Crippen LogP contribution in [-0.4, -0.2) is 37.0 Å². The van der Waals surface area contributed by atoms with Gasteiger partial charge in [-0.3, -0.25) is 4.79 Å². The standard InChI is InChI=1S/C14H17BrN2O2/c1-3-4-13(16)14(18)17(2)9-10-19-12-7-5-11(15)6-8-12/h1,5-8,13H,4,9-10,16H2,2H3. The Bertz CT molecular complexity index is 454. The fourth-order valence-corrected chi connectivity index (χ4v) is 1.70. The van der Waals surface area contributed by atoms with Crippen LogP contribution in [0, 0.1) is 12.3 Å². The smallest absolute Gasteiger partial charge is 0.240 e. The highest BCUT2D eigenvalue weighted by Crippen LogP contribution is 2.15. The number of nitrogens with two attached hydrogens (primary N) is 1. The number of carbonyl (C=O) groups is 1. The molecule has 102 valence electrons. The number of ether oxygens (including phenoxy) is 1. The second-order valence-corrected chi connectivity index (χ2v) is 4.99. The SMILES string of the molecule is C#CCC(N)C(=O)N(C)CCOc1ccc(Br)cc1. The topological polar surface area (TPSA) is 55.6 Å². The predicted octanol–water partition coefficient (Wildman–Crippen LogP) is 1.64. The molecule has 0 spiro atoms. The number of hydrogen-bond donors (Lipinski definition) is 1. The van der Waals surface area contributed by atoms with Gasteiger partial charge in [0, 0.05) is 17.9 Å². The Morgan fingerprint density at radius 2 is 2.16 bits per heavy atom. The molecule has 0 fully saturated rings. The second kappa shape index (κ2) is 7.82. The van der Waals surface area contributed by atoms with Crippen molar-refractivity contribution in [1.29, 1.82) is 0 Å². The molecule has 1 aromatic rings. The van der Waals surface area contributed by atoms with Crippen LogP contribution in [-0.2, 0) is 4.79 Å². The van der Waals surface area contributed by atoms with Crippen LogP contribution in [0.25, 0.3) is 0 Å². The van der Waals surface area contributed by atoms with E-state index in [-0.39, 0.29) is 12.3 Å². The lowest BCUT2D eigenvalue weighted by Gasteiger charge is -2.20. The summed E-state index contributed by atoms with van der Waals surface area (Å²) >= 11 is 3.35. The molecule has 1 unspecified atom stereocenters. The lowest BCUT2D eigenvalue weighted by Crippen LogP contribution is -2.43. The summed E-state index contributed by atoms with van der Waals surface area (Å²) in [6.45, 7) is 0.875. The molecule has 0 aromatic heterocycles. The molecule has 2 N–H and O–H groups in total. The van der Waals surface area contributed by atoms with Gasteiger partial charge >= 0.3 is 0 Å². The molecule has 0 radical (unpaired) electrons. The number of benzene rings is 1. The lowest BCUT2D eigenvalue weighted by atomic mass is 10.2. The Hall–Kier alpha value is -1.51. The van der Waals surface area contributed by atoms with Gasteiger partial charge in [0.15, 0.2) is 0 Å². The van der Waals surface area contributed by atoms with Gasteiger partial charge < -0.3 is 15.4 Å². The number of hydrogen-bond acceptors (Lipinski definition) is 3. The largest absolute Gasteiger partial charge is 0.492 e. The predicted molar refractivity (Wildman–Crippen MR) is 78.7 cm³/mol. The van der Waals surface area contributed by atoms with Crippen LogP contribution < -0.4 is 10.5 Å². The summed E-state index contributed by atoms with van der Waals surface area (Å²) in [5, 5.41) is 0. The van der Waals surface area contributed by atoms with Gasteiger partial charge in [-0.25, -0.2) is 0 Å². The van der Waals surface area contributed by atoms with Crippen LogP contribution in [0.15, 0.2) is 28.7 Å². The third-order valence-corrected chi connectivity index (χ3v) is 3.07. The fourth-order valence-electron chi connectivity index (χ4n) is 1.44. The van der Waals surface area contributed by atoms with Crippen molar-refractivity contribution in [3.8, 4) is 18.1 Å². The number of nitrogens with zero attached hydrogens (tertiary/aromatic N) is 1. The van der Waals surface area contributed by atoms with Gasteiger partial charge in [-0.2, -0.15) is 0 Å². The van der Waals surface area contributed by atoms with Crippen LogP contribution in [0.3, 0.4) is 0 Å².